The molecule has 0 radical (unpaired) electrons. The summed E-state index contributed by atoms with van der Waals surface area (Å²) in [6.07, 6.45) is 1.45. The third-order valence-electron chi connectivity index (χ3n) is 2.57. The van der Waals surface area contributed by atoms with Gasteiger partial charge in [-0.2, -0.15) is 5.26 Å². The van der Waals surface area contributed by atoms with E-state index in [2.05, 4.69) is 10.3 Å². The van der Waals surface area contributed by atoms with E-state index >= 15 is 0 Å². The summed E-state index contributed by atoms with van der Waals surface area (Å²) in [5.74, 6) is 0.0786. The molecular weight excluding hydrogens is 278 g/mol. The van der Waals surface area contributed by atoms with E-state index in [0.29, 0.717) is 22.6 Å². The molecule has 1 aromatic heterocycles. The molecule has 0 saturated heterocycles. The van der Waals surface area contributed by atoms with Crippen molar-refractivity contribution in [1.82, 2.24) is 4.98 Å². The molecule has 0 aliphatic heterocycles. The number of halogens is 1. The van der Waals surface area contributed by atoms with Crippen molar-refractivity contribution in [3.05, 3.63) is 52.8 Å². The number of methoxy groups -OCH3 is 1. The van der Waals surface area contributed by atoms with Gasteiger partial charge < -0.3 is 10.1 Å². The Bertz CT molecular complexity index is 695. The van der Waals surface area contributed by atoms with Crippen molar-refractivity contribution in [2.45, 2.75) is 0 Å². The van der Waals surface area contributed by atoms with Crippen molar-refractivity contribution >= 4 is 23.2 Å². The fourth-order valence-electron chi connectivity index (χ4n) is 1.60. The van der Waals surface area contributed by atoms with Crippen molar-refractivity contribution in [3.63, 3.8) is 0 Å². The van der Waals surface area contributed by atoms with E-state index in [9.17, 15) is 4.79 Å². The Labute approximate surface area is 120 Å². The second-order valence-electron chi connectivity index (χ2n) is 3.85. The van der Waals surface area contributed by atoms with Gasteiger partial charge >= 0.3 is 0 Å². The molecule has 1 amide bonds. The summed E-state index contributed by atoms with van der Waals surface area (Å²) < 4.78 is 5.14. The van der Waals surface area contributed by atoms with Gasteiger partial charge in [-0.25, -0.2) is 4.98 Å². The SMILES string of the molecule is COc1cc(C#N)ccc1NC(=O)c1ccnc(Cl)c1. The molecule has 20 heavy (non-hydrogen) atoms. The maximum absolute atomic E-state index is 12.1. The first-order valence-electron chi connectivity index (χ1n) is 5.65. The van der Waals surface area contributed by atoms with E-state index < -0.39 is 0 Å². The number of ether oxygens (including phenoxy) is 1. The molecule has 1 heterocycles. The van der Waals surface area contributed by atoms with Crippen molar-refractivity contribution in [2.24, 2.45) is 0 Å². The summed E-state index contributed by atoms with van der Waals surface area (Å²) in [7, 11) is 1.47. The summed E-state index contributed by atoms with van der Waals surface area (Å²) in [6.45, 7) is 0. The average Bonchev–Trinajstić information content (AvgIpc) is 2.47. The van der Waals surface area contributed by atoms with Gasteiger partial charge in [0.2, 0.25) is 0 Å². The van der Waals surface area contributed by atoms with E-state index in [-0.39, 0.29) is 11.1 Å². The minimum Gasteiger partial charge on any atom is -0.495 e. The fourth-order valence-corrected chi connectivity index (χ4v) is 1.78. The third-order valence-corrected chi connectivity index (χ3v) is 2.77. The number of carbonyl (C=O) groups excluding carboxylic acids is 1. The number of anilines is 1. The maximum Gasteiger partial charge on any atom is 0.255 e. The number of amides is 1. The second-order valence-corrected chi connectivity index (χ2v) is 4.24. The van der Waals surface area contributed by atoms with Crippen LogP contribution in [0.4, 0.5) is 5.69 Å². The molecule has 1 aromatic carbocycles. The number of hydrogen-bond donors (Lipinski definition) is 1. The van der Waals surface area contributed by atoms with Gasteiger partial charge in [-0.1, -0.05) is 11.6 Å². The van der Waals surface area contributed by atoms with Crippen LogP contribution in [0.25, 0.3) is 0 Å². The number of pyridine rings is 1. The van der Waals surface area contributed by atoms with Crippen molar-refractivity contribution in [2.75, 3.05) is 12.4 Å². The molecule has 0 atom stereocenters. The predicted molar refractivity (Wildman–Crippen MR) is 74.9 cm³/mol. The lowest BCUT2D eigenvalue weighted by Crippen LogP contribution is -2.12. The van der Waals surface area contributed by atoms with Gasteiger partial charge in [0, 0.05) is 17.8 Å². The van der Waals surface area contributed by atoms with Gasteiger partial charge in [-0.05, 0) is 24.3 Å². The Balaban J connectivity index is 2.26. The fraction of sp³-hybridized carbons (Fsp3) is 0.0714. The summed E-state index contributed by atoms with van der Waals surface area (Å²) in [5.41, 5.74) is 1.31. The number of nitrogens with one attached hydrogen (secondary N) is 1. The zero-order valence-corrected chi connectivity index (χ0v) is 11.3. The van der Waals surface area contributed by atoms with Crippen LogP contribution in [0.15, 0.2) is 36.5 Å². The molecule has 0 aliphatic rings. The third kappa shape index (κ3) is 3.05. The highest BCUT2D eigenvalue weighted by molar-refractivity contribution is 6.29. The molecule has 6 heteroatoms. The van der Waals surface area contributed by atoms with Gasteiger partial charge in [0.15, 0.2) is 0 Å². The zero-order chi connectivity index (χ0) is 14.5. The Kier molecular flexibility index (Phi) is 4.18. The predicted octanol–water partition coefficient (Wildman–Crippen LogP) is 2.87. The van der Waals surface area contributed by atoms with Crippen molar-refractivity contribution in [3.8, 4) is 11.8 Å². The van der Waals surface area contributed by atoms with Crippen LogP contribution < -0.4 is 10.1 Å². The van der Waals surface area contributed by atoms with Crippen LogP contribution in [-0.2, 0) is 0 Å². The lowest BCUT2D eigenvalue weighted by molar-refractivity contribution is 0.102. The molecule has 0 saturated carbocycles. The molecule has 2 rings (SSSR count). The zero-order valence-electron chi connectivity index (χ0n) is 10.6. The van der Waals surface area contributed by atoms with E-state index in [0.717, 1.165) is 0 Å². The Morgan fingerprint density at radius 1 is 1.40 bits per heavy atom. The van der Waals surface area contributed by atoms with E-state index in [4.69, 9.17) is 21.6 Å². The van der Waals surface area contributed by atoms with Gasteiger partial charge in [0.1, 0.15) is 10.9 Å². The highest BCUT2D eigenvalue weighted by Gasteiger charge is 2.11. The highest BCUT2D eigenvalue weighted by atomic mass is 35.5. The maximum atomic E-state index is 12.1. The highest BCUT2D eigenvalue weighted by Crippen LogP contribution is 2.26. The van der Waals surface area contributed by atoms with Gasteiger partial charge in [0.05, 0.1) is 24.4 Å². The molecule has 0 fully saturated rings. The Hall–Kier alpha value is -2.58. The van der Waals surface area contributed by atoms with Crippen LogP contribution in [0.3, 0.4) is 0 Å². The second kappa shape index (κ2) is 6.04. The molecule has 0 unspecified atom stereocenters. The van der Waals surface area contributed by atoms with E-state index in [1.807, 2.05) is 6.07 Å². The lowest BCUT2D eigenvalue weighted by atomic mass is 10.2. The molecule has 5 nitrogen and oxygen atoms in total. The van der Waals surface area contributed by atoms with Crippen molar-refractivity contribution < 1.29 is 9.53 Å². The van der Waals surface area contributed by atoms with Gasteiger partial charge in [0.25, 0.3) is 5.91 Å². The van der Waals surface area contributed by atoms with Crippen LogP contribution in [0.1, 0.15) is 15.9 Å². The standard InChI is InChI=1S/C14H10ClN3O2/c1-20-12-6-9(8-16)2-3-11(12)18-14(19)10-4-5-17-13(15)7-10/h2-7H,1H3,(H,18,19). The normalized spacial score (nSPS) is 9.65. The van der Waals surface area contributed by atoms with Crippen molar-refractivity contribution in [1.29, 1.82) is 5.26 Å². The molecule has 0 aliphatic carbocycles. The van der Waals surface area contributed by atoms with Crippen LogP contribution in [-0.4, -0.2) is 18.0 Å². The largest absolute Gasteiger partial charge is 0.495 e. The number of hydrogen-bond acceptors (Lipinski definition) is 4. The molecular formula is C14H10ClN3O2. The first-order chi connectivity index (χ1) is 9.63. The van der Waals surface area contributed by atoms with Crippen LogP contribution in [0.5, 0.6) is 5.75 Å². The summed E-state index contributed by atoms with van der Waals surface area (Å²) in [5, 5.41) is 11.8. The number of benzene rings is 1. The van der Waals surface area contributed by atoms with E-state index in [1.165, 1.54) is 19.4 Å². The Morgan fingerprint density at radius 2 is 2.20 bits per heavy atom. The van der Waals surface area contributed by atoms with Crippen LogP contribution in [0.2, 0.25) is 5.15 Å². The lowest BCUT2D eigenvalue weighted by Gasteiger charge is -2.10. The topological polar surface area (TPSA) is 75.0 Å². The first-order valence-corrected chi connectivity index (χ1v) is 6.03. The quantitative estimate of drug-likeness (QED) is 0.881. The van der Waals surface area contributed by atoms with Gasteiger partial charge in [-0.3, -0.25) is 4.79 Å². The molecule has 100 valence electrons. The monoisotopic (exact) mass is 287 g/mol. The Morgan fingerprint density at radius 3 is 2.85 bits per heavy atom. The number of aromatic nitrogens is 1. The van der Waals surface area contributed by atoms with E-state index in [1.54, 1.807) is 24.3 Å². The summed E-state index contributed by atoms with van der Waals surface area (Å²) >= 11 is 5.74. The van der Waals surface area contributed by atoms with Crippen LogP contribution >= 0.6 is 11.6 Å². The molecule has 1 N–H and O–H groups in total. The van der Waals surface area contributed by atoms with Gasteiger partial charge in [-0.15, -0.1) is 0 Å². The number of rotatable bonds is 3. The molecule has 2 aromatic rings. The minimum absolute atomic E-state index is 0.240. The molecule has 0 bridgehead atoms. The average molecular weight is 288 g/mol. The number of nitriles is 1. The van der Waals surface area contributed by atoms with Crippen LogP contribution in [0, 0.1) is 11.3 Å². The smallest absolute Gasteiger partial charge is 0.255 e. The minimum atomic E-state index is -0.336. The first kappa shape index (κ1) is 13.8. The number of nitrogens with zero attached hydrogens (tertiary/aromatic N) is 2. The number of carbonyl (C=O) groups is 1. The summed E-state index contributed by atoms with van der Waals surface area (Å²) in [4.78, 5) is 15.9. The summed E-state index contributed by atoms with van der Waals surface area (Å²) in [6, 6.07) is 9.78. The molecule has 0 spiro atoms.